The Bertz CT molecular complexity index is 330. The number of piperidine rings is 1. The summed E-state index contributed by atoms with van der Waals surface area (Å²) in [5.74, 6) is 0.220. The second kappa shape index (κ2) is 7.30. The van der Waals surface area contributed by atoms with Gasteiger partial charge in [-0.2, -0.15) is 0 Å². The van der Waals surface area contributed by atoms with Gasteiger partial charge in [-0.1, -0.05) is 0 Å². The first kappa shape index (κ1) is 18.0. The van der Waals surface area contributed by atoms with E-state index >= 15 is 0 Å². The Balaban J connectivity index is 0.000001000. The van der Waals surface area contributed by atoms with Crippen molar-refractivity contribution in [2.45, 2.75) is 56.5 Å². The zero-order chi connectivity index (χ0) is 12.6. The van der Waals surface area contributed by atoms with E-state index in [1.54, 1.807) is 0 Å². The second-order valence-electron chi connectivity index (χ2n) is 6.30. The predicted molar refractivity (Wildman–Crippen MR) is 85.7 cm³/mol. The molecule has 1 atom stereocenters. The van der Waals surface area contributed by atoms with Gasteiger partial charge < -0.3 is 10.6 Å². The Hall–Kier alpha value is -0.0300. The Morgan fingerprint density at radius 3 is 2.20 bits per heavy atom. The summed E-state index contributed by atoms with van der Waals surface area (Å²) >= 11 is 0. The summed E-state index contributed by atoms with van der Waals surface area (Å²) in [4.78, 5) is 17.1. The Labute approximate surface area is 134 Å². The molecule has 2 N–H and O–H groups in total. The van der Waals surface area contributed by atoms with Crippen molar-refractivity contribution in [3.63, 3.8) is 0 Å². The van der Waals surface area contributed by atoms with Gasteiger partial charge in [-0.05, 0) is 58.0 Å². The quantitative estimate of drug-likeness (QED) is 0.843. The third-order valence-corrected chi connectivity index (χ3v) is 5.01. The van der Waals surface area contributed by atoms with E-state index in [0.29, 0.717) is 6.04 Å². The molecule has 118 valence electrons. The molecule has 3 fully saturated rings. The number of rotatable bonds is 2. The van der Waals surface area contributed by atoms with Crippen molar-refractivity contribution in [1.82, 2.24) is 9.80 Å². The maximum Gasteiger partial charge on any atom is 0.242 e. The molecule has 2 aliphatic heterocycles. The fraction of sp³-hybridized carbons (Fsp3) is 0.929. The fourth-order valence-electron chi connectivity index (χ4n) is 3.63. The van der Waals surface area contributed by atoms with Gasteiger partial charge in [0.1, 0.15) is 0 Å². The lowest BCUT2D eigenvalue weighted by Crippen LogP contribution is -2.62. The molecule has 0 bridgehead atoms. The lowest BCUT2D eigenvalue weighted by atomic mass is 9.76. The number of nitrogens with two attached hydrogens (primary N) is 1. The standard InChI is InChI=1S/C14H25N3O.2ClH/c15-14(6-4-7-14)13(18)17-10-3-5-12(11-17)16-8-1-2-9-16;;/h12H,1-11,15H2;2*1H. The third kappa shape index (κ3) is 3.41. The van der Waals surface area contributed by atoms with Crippen molar-refractivity contribution < 1.29 is 4.79 Å². The van der Waals surface area contributed by atoms with Gasteiger partial charge in [0.15, 0.2) is 0 Å². The van der Waals surface area contributed by atoms with Crippen LogP contribution in [0.4, 0.5) is 0 Å². The minimum Gasteiger partial charge on any atom is -0.340 e. The molecular formula is C14H27Cl2N3O. The SMILES string of the molecule is Cl.Cl.NC1(C(=O)N2CCCC(N3CCCC3)C2)CCC1. The molecule has 20 heavy (non-hydrogen) atoms. The van der Waals surface area contributed by atoms with Crippen LogP contribution in [0.5, 0.6) is 0 Å². The summed E-state index contributed by atoms with van der Waals surface area (Å²) in [6.07, 6.45) is 7.93. The van der Waals surface area contributed by atoms with Crippen LogP contribution in [-0.4, -0.2) is 53.5 Å². The molecule has 4 nitrogen and oxygen atoms in total. The molecule has 3 aliphatic rings. The molecule has 2 saturated heterocycles. The van der Waals surface area contributed by atoms with Gasteiger partial charge in [-0.3, -0.25) is 9.69 Å². The first-order valence-electron chi connectivity index (χ1n) is 7.51. The van der Waals surface area contributed by atoms with E-state index in [0.717, 1.165) is 38.8 Å². The van der Waals surface area contributed by atoms with Crippen LogP contribution in [0.15, 0.2) is 0 Å². The van der Waals surface area contributed by atoms with Gasteiger partial charge in [0, 0.05) is 19.1 Å². The summed E-state index contributed by atoms with van der Waals surface area (Å²) in [5, 5.41) is 0. The maximum atomic E-state index is 12.4. The lowest BCUT2D eigenvalue weighted by Gasteiger charge is -2.44. The van der Waals surface area contributed by atoms with Crippen molar-refractivity contribution in [2.24, 2.45) is 5.73 Å². The van der Waals surface area contributed by atoms with Gasteiger partial charge in [0.25, 0.3) is 0 Å². The van der Waals surface area contributed by atoms with Crippen LogP contribution >= 0.6 is 24.8 Å². The highest BCUT2D eigenvalue weighted by atomic mass is 35.5. The number of halogens is 2. The highest BCUT2D eigenvalue weighted by Crippen LogP contribution is 2.32. The second-order valence-corrected chi connectivity index (χ2v) is 6.30. The van der Waals surface area contributed by atoms with E-state index in [4.69, 9.17) is 5.73 Å². The minimum absolute atomic E-state index is 0. The molecule has 1 saturated carbocycles. The zero-order valence-electron chi connectivity index (χ0n) is 12.1. The summed E-state index contributed by atoms with van der Waals surface area (Å²) in [6, 6.07) is 0.592. The van der Waals surface area contributed by atoms with E-state index in [1.807, 2.05) is 4.90 Å². The molecule has 0 aromatic heterocycles. The molecule has 1 amide bonds. The van der Waals surface area contributed by atoms with Crippen LogP contribution in [0.1, 0.15) is 44.9 Å². The average molecular weight is 324 g/mol. The normalized spacial score (nSPS) is 29.1. The van der Waals surface area contributed by atoms with Crippen LogP contribution in [0.3, 0.4) is 0 Å². The van der Waals surface area contributed by atoms with Crippen LogP contribution in [0.2, 0.25) is 0 Å². The Morgan fingerprint density at radius 2 is 1.65 bits per heavy atom. The highest BCUT2D eigenvalue weighted by molar-refractivity contribution is 5.87. The van der Waals surface area contributed by atoms with E-state index in [2.05, 4.69) is 4.90 Å². The molecule has 0 spiro atoms. The summed E-state index contributed by atoms with van der Waals surface area (Å²) in [6.45, 7) is 4.28. The van der Waals surface area contributed by atoms with E-state index < -0.39 is 5.54 Å². The average Bonchev–Trinajstić information content (AvgIpc) is 2.89. The first-order chi connectivity index (χ1) is 8.69. The van der Waals surface area contributed by atoms with Crippen LogP contribution in [0, 0.1) is 0 Å². The highest BCUT2D eigenvalue weighted by Gasteiger charge is 2.44. The van der Waals surface area contributed by atoms with E-state index in [9.17, 15) is 4.79 Å². The number of hydrogen-bond donors (Lipinski definition) is 1. The lowest BCUT2D eigenvalue weighted by molar-refractivity contribution is -0.142. The summed E-state index contributed by atoms with van der Waals surface area (Å²) in [5.41, 5.74) is 5.66. The van der Waals surface area contributed by atoms with Gasteiger partial charge in [-0.15, -0.1) is 24.8 Å². The molecule has 0 radical (unpaired) electrons. The molecule has 1 aliphatic carbocycles. The number of nitrogens with zero attached hydrogens (tertiary/aromatic N) is 2. The summed E-state index contributed by atoms with van der Waals surface area (Å²) < 4.78 is 0. The number of carbonyl (C=O) groups excluding carboxylic acids is 1. The molecule has 0 aromatic rings. The molecule has 0 aromatic carbocycles. The van der Waals surface area contributed by atoms with Crippen LogP contribution in [-0.2, 0) is 4.79 Å². The molecule has 2 heterocycles. The number of hydrogen-bond acceptors (Lipinski definition) is 3. The smallest absolute Gasteiger partial charge is 0.242 e. The molecular weight excluding hydrogens is 297 g/mol. The molecule has 3 rings (SSSR count). The topological polar surface area (TPSA) is 49.6 Å². The van der Waals surface area contributed by atoms with E-state index in [-0.39, 0.29) is 30.7 Å². The fourth-order valence-corrected chi connectivity index (χ4v) is 3.63. The van der Waals surface area contributed by atoms with Gasteiger partial charge in [-0.25, -0.2) is 0 Å². The maximum absolute atomic E-state index is 12.4. The molecule has 6 heteroatoms. The van der Waals surface area contributed by atoms with Crippen molar-refractivity contribution in [1.29, 1.82) is 0 Å². The largest absolute Gasteiger partial charge is 0.340 e. The molecule has 1 unspecified atom stereocenters. The van der Waals surface area contributed by atoms with Crippen LogP contribution in [0.25, 0.3) is 0 Å². The van der Waals surface area contributed by atoms with Crippen molar-refractivity contribution in [2.75, 3.05) is 26.2 Å². The third-order valence-electron chi connectivity index (χ3n) is 5.01. The van der Waals surface area contributed by atoms with Crippen molar-refractivity contribution in [3.8, 4) is 0 Å². The summed E-state index contributed by atoms with van der Waals surface area (Å²) in [7, 11) is 0. The van der Waals surface area contributed by atoms with Gasteiger partial charge >= 0.3 is 0 Å². The Morgan fingerprint density at radius 1 is 1.00 bits per heavy atom. The first-order valence-corrected chi connectivity index (χ1v) is 7.51. The Kier molecular flexibility index (Phi) is 6.58. The van der Waals surface area contributed by atoms with E-state index in [1.165, 1.54) is 32.4 Å². The van der Waals surface area contributed by atoms with Crippen molar-refractivity contribution in [3.05, 3.63) is 0 Å². The minimum atomic E-state index is -0.507. The van der Waals surface area contributed by atoms with Crippen LogP contribution < -0.4 is 5.73 Å². The number of likely N-dealkylation sites (tertiary alicyclic amines) is 2. The van der Waals surface area contributed by atoms with Crippen molar-refractivity contribution >= 4 is 30.7 Å². The number of carbonyl (C=O) groups is 1. The zero-order valence-corrected chi connectivity index (χ0v) is 13.7. The van der Waals surface area contributed by atoms with Gasteiger partial charge in [0.2, 0.25) is 5.91 Å². The predicted octanol–water partition coefficient (Wildman–Crippen LogP) is 1.80. The van der Waals surface area contributed by atoms with Gasteiger partial charge in [0.05, 0.1) is 5.54 Å². The monoisotopic (exact) mass is 323 g/mol. The number of amides is 1.